The summed E-state index contributed by atoms with van der Waals surface area (Å²) in [5, 5.41) is 11.2. The van der Waals surface area contributed by atoms with E-state index >= 15 is 0 Å². The van der Waals surface area contributed by atoms with Crippen LogP contribution >= 0.6 is 11.6 Å². The highest BCUT2D eigenvalue weighted by atomic mass is 35.5. The molecule has 5 heteroatoms. The Hall–Kier alpha value is -2.07. The van der Waals surface area contributed by atoms with Gasteiger partial charge in [-0.05, 0) is 36.6 Å². The highest BCUT2D eigenvalue weighted by Crippen LogP contribution is 2.32. The molecule has 0 fully saturated rings. The number of aryl methyl sites for hydroxylation is 1. The lowest BCUT2D eigenvalue weighted by Gasteiger charge is -2.20. The SMILES string of the molecule is Cc1ccc2c(c1)CCN2Cc1ccc([N+](=O)[O-])cc1Cl. The van der Waals surface area contributed by atoms with Crippen LogP contribution in [-0.2, 0) is 13.0 Å². The van der Waals surface area contributed by atoms with Crippen molar-refractivity contribution in [1.82, 2.24) is 0 Å². The summed E-state index contributed by atoms with van der Waals surface area (Å²) in [6.07, 6.45) is 1.03. The van der Waals surface area contributed by atoms with Crippen molar-refractivity contribution in [2.75, 3.05) is 11.4 Å². The molecule has 3 rings (SSSR count). The Morgan fingerprint density at radius 2 is 2.10 bits per heavy atom. The lowest BCUT2D eigenvalue weighted by Crippen LogP contribution is -2.19. The molecule has 108 valence electrons. The van der Waals surface area contributed by atoms with Gasteiger partial charge in [-0.1, -0.05) is 29.3 Å². The zero-order chi connectivity index (χ0) is 15.0. The number of fused-ring (bicyclic) bond motifs is 1. The highest BCUT2D eigenvalue weighted by molar-refractivity contribution is 6.31. The molecule has 0 spiro atoms. The third-order valence-electron chi connectivity index (χ3n) is 3.84. The fourth-order valence-electron chi connectivity index (χ4n) is 2.75. The molecule has 0 radical (unpaired) electrons. The summed E-state index contributed by atoms with van der Waals surface area (Å²) in [4.78, 5) is 12.6. The Morgan fingerprint density at radius 1 is 1.29 bits per heavy atom. The second-order valence-electron chi connectivity index (χ2n) is 5.34. The number of hydrogen-bond acceptors (Lipinski definition) is 3. The van der Waals surface area contributed by atoms with Crippen molar-refractivity contribution >= 4 is 23.0 Å². The number of anilines is 1. The number of rotatable bonds is 3. The smallest absolute Gasteiger partial charge is 0.270 e. The van der Waals surface area contributed by atoms with Crippen LogP contribution in [0.3, 0.4) is 0 Å². The standard InChI is InChI=1S/C16H15ClN2O2/c1-11-2-5-16-12(8-11)6-7-18(16)10-13-3-4-14(19(20)21)9-15(13)17/h2-5,8-9H,6-7,10H2,1H3. The minimum Gasteiger partial charge on any atom is -0.367 e. The molecule has 0 bridgehead atoms. The molecule has 1 aliphatic rings. The Labute approximate surface area is 128 Å². The van der Waals surface area contributed by atoms with Gasteiger partial charge in [0.25, 0.3) is 5.69 Å². The summed E-state index contributed by atoms with van der Waals surface area (Å²) in [7, 11) is 0. The molecule has 0 unspecified atom stereocenters. The first kappa shape index (κ1) is 13.9. The van der Waals surface area contributed by atoms with Crippen LogP contribution in [0.25, 0.3) is 0 Å². The Morgan fingerprint density at radius 3 is 2.81 bits per heavy atom. The van der Waals surface area contributed by atoms with Crippen molar-refractivity contribution in [2.45, 2.75) is 19.9 Å². The van der Waals surface area contributed by atoms with Gasteiger partial charge in [-0.25, -0.2) is 0 Å². The second kappa shape index (κ2) is 5.37. The number of nitro benzene ring substituents is 1. The van der Waals surface area contributed by atoms with Crippen molar-refractivity contribution in [3.63, 3.8) is 0 Å². The zero-order valence-corrected chi connectivity index (χ0v) is 12.4. The fourth-order valence-corrected chi connectivity index (χ4v) is 2.98. The molecule has 2 aromatic rings. The van der Waals surface area contributed by atoms with Gasteiger partial charge < -0.3 is 4.90 Å². The van der Waals surface area contributed by atoms with Crippen LogP contribution in [0.15, 0.2) is 36.4 Å². The predicted molar refractivity (Wildman–Crippen MR) is 84.0 cm³/mol. The summed E-state index contributed by atoms with van der Waals surface area (Å²) >= 11 is 6.17. The number of hydrogen-bond donors (Lipinski definition) is 0. The monoisotopic (exact) mass is 302 g/mol. The third-order valence-corrected chi connectivity index (χ3v) is 4.19. The maximum Gasteiger partial charge on any atom is 0.270 e. The van der Waals surface area contributed by atoms with E-state index in [4.69, 9.17) is 11.6 Å². The Balaban J connectivity index is 1.84. The van der Waals surface area contributed by atoms with Gasteiger partial charge in [-0.2, -0.15) is 0 Å². The summed E-state index contributed by atoms with van der Waals surface area (Å²) in [5.41, 5.74) is 4.80. The van der Waals surface area contributed by atoms with Gasteiger partial charge in [0.2, 0.25) is 0 Å². The van der Waals surface area contributed by atoms with E-state index in [9.17, 15) is 10.1 Å². The number of non-ortho nitro benzene ring substituents is 1. The van der Waals surface area contributed by atoms with Crippen LogP contribution in [0.4, 0.5) is 11.4 Å². The maximum atomic E-state index is 10.7. The lowest BCUT2D eigenvalue weighted by atomic mass is 10.1. The summed E-state index contributed by atoms with van der Waals surface area (Å²) in [6, 6.07) is 11.1. The van der Waals surface area contributed by atoms with Crippen LogP contribution < -0.4 is 4.90 Å². The van der Waals surface area contributed by atoms with Crippen LogP contribution in [0, 0.1) is 17.0 Å². The van der Waals surface area contributed by atoms with Gasteiger partial charge in [-0.3, -0.25) is 10.1 Å². The third kappa shape index (κ3) is 2.72. The average molecular weight is 303 g/mol. The van der Waals surface area contributed by atoms with Crippen molar-refractivity contribution in [1.29, 1.82) is 0 Å². The number of nitrogens with zero attached hydrogens (tertiary/aromatic N) is 2. The van der Waals surface area contributed by atoms with E-state index in [1.54, 1.807) is 6.07 Å². The van der Waals surface area contributed by atoms with Crippen LogP contribution in [-0.4, -0.2) is 11.5 Å². The van der Waals surface area contributed by atoms with Gasteiger partial charge in [0.1, 0.15) is 0 Å². The van der Waals surface area contributed by atoms with E-state index in [1.165, 1.54) is 28.9 Å². The fraction of sp³-hybridized carbons (Fsp3) is 0.250. The molecule has 21 heavy (non-hydrogen) atoms. The first-order chi connectivity index (χ1) is 10.0. The molecular weight excluding hydrogens is 288 g/mol. The average Bonchev–Trinajstić information content (AvgIpc) is 2.83. The van der Waals surface area contributed by atoms with Gasteiger partial charge in [0.05, 0.1) is 9.95 Å². The molecule has 0 aromatic heterocycles. The molecule has 0 atom stereocenters. The molecule has 0 saturated heterocycles. The summed E-state index contributed by atoms with van der Waals surface area (Å²) < 4.78 is 0. The molecule has 0 saturated carbocycles. The van der Waals surface area contributed by atoms with Crippen LogP contribution in [0.1, 0.15) is 16.7 Å². The quantitative estimate of drug-likeness (QED) is 0.633. The van der Waals surface area contributed by atoms with Crippen LogP contribution in [0.2, 0.25) is 5.02 Å². The van der Waals surface area contributed by atoms with Crippen molar-refractivity contribution in [2.24, 2.45) is 0 Å². The molecule has 2 aromatic carbocycles. The minimum atomic E-state index is -0.427. The Kier molecular flexibility index (Phi) is 3.55. The van der Waals surface area contributed by atoms with Gasteiger partial charge in [-0.15, -0.1) is 0 Å². The maximum absolute atomic E-state index is 10.7. The lowest BCUT2D eigenvalue weighted by molar-refractivity contribution is -0.384. The molecule has 0 aliphatic carbocycles. The molecular formula is C16H15ClN2O2. The molecule has 0 amide bonds. The first-order valence-electron chi connectivity index (χ1n) is 6.82. The number of nitro groups is 1. The zero-order valence-electron chi connectivity index (χ0n) is 11.7. The van der Waals surface area contributed by atoms with Crippen molar-refractivity contribution in [3.05, 3.63) is 68.2 Å². The normalized spacial score (nSPS) is 13.3. The van der Waals surface area contributed by atoms with Crippen LogP contribution in [0.5, 0.6) is 0 Å². The summed E-state index contributed by atoms with van der Waals surface area (Å²) in [6.45, 7) is 3.72. The molecule has 1 aliphatic heterocycles. The summed E-state index contributed by atoms with van der Waals surface area (Å²) in [5.74, 6) is 0. The molecule has 1 heterocycles. The Bertz CT molecular complexity index is 715. The van der Waals surface area contributed by atoms with Gasteiger partial charge in [0.15, 0.2) is 0 Å². The molecule has 4 nitrogen and oxygen atoms in total. The number of halogens is 1. The van der Waals surface area contributed by atoms with E-state index in [-0.39, 0.29) is 5.69 Å². The molecule has 0 N–H and O–H groups in total. The van der Waals surface area contributed by atoms with Crippen molar-refractivity contribution in [3.8, 4) is 0 Å². The van der Waals surface area contributed by atoms with Gasteiger partial charge >= 0.3 is 0 Å². The van der Waals surface area contributed by atoms with E-state index in [0.717, 1.165) is 18.5 Å². The van der Waals surface area contributed by atoms with Crippen molar-refractivity contribution < 1.29 is 4.92 Å². The largest absolute Gasteiger partial charge is 0.367 e. The first-order valence-corrected chi connectivity index (χ1v) is 7.19. The predicted octanol–water partition coefficient (Wildman–Crippen LogP) is 4.12. The van der Waals surface area contributed by atoms with E-state index < -0.39 is 4.92 Å². The van der Waals surface area contributed by atoms with E-state index in [1.807, 2.05) is 0 Å². The van der Waals surface area contributed by atoms with E-state index in [0.29, 0.717) is 11.6 Å². The topological polar surface area (TPSA) is 46.4 Å². The second-order valence-corrected chi connectivity index (χ2v) is 5.74. The highest BCUT2D eigenvalue weighted by Gasteiger charge is 2.20. The minimum absolute atomic E-state index is 0.0289. The number of benzene rings is 2. The van der Waals surface area contributed by atoms with E-state index in [2.05, 4.69) is 30.0 Å². The van der Waals surface area contributed by atoms with Gasteiger partial charge in [0, 0.05) is 30.9 Å².